The number of methoxy groups -OCH3 is 1. The van der Waals surface area contributed by atoms with Crippen molar-refractivity contribution in [2.75, 3.05) is 33.4 Å². The molecule has 0 fully saturated rings. The third kappa shape index (κ3) is 8.43. The Balaban J connectivity index is 0.00000338. The zero-order valence-corrected chi connectivity index (χ0v) is 17.1. The van der Waals surface area contributed by atoms with Crippen molar-refractivity contribution >= 4 is 41.7 Å². The van der Waals surface area contributed by atoms with Gasteiger partial charge in [-0.2, -0.15) is 0 Å². The summed E-state index contributed by atoms with van der Waals surface area (Å²) >= 11 is 7.63. The van der Waals surface area contributed by atoms with Crippen LogP contribution in [0.2, 0.25) is 5.02 Å². The van der Waals surface area contributed by atoms with Gasteiger partial charge >= 0.3 is 0 Å². The van der Waals surface area contributed by atoms with Crippen LogP contribution in [0.1, 0.15) is 15.9 Å². The lowest BCUT2D eigenvalue weighted by atomic mass is 10.1. The Morgan fingerprint density at radius 3 is 2.38 bits per heavy atom. The van der Waals surface area contributed by atoms with Crippen LogP contribution in [0.25, 0.3) is 0 Å². The molecule has 0 bridgehead atoms. The van der Waals surface area contributed by atoms with Gasteiger partial charge in [0.1, 0.15) is 0 Å². The van der Waals surface area contributed by atoms with Gasteiger partial charge in [0.2, 0.25) is 0 Å². The van der Waals surface area contributed by atoms with Gasteiger partial charge < -0.3 is 15.4 Å². The summed E-state index contributed by atoms with van der Waals surface area (Å²) < 4.78 is 4.95. The number of benzene rings is 2. The molecule has 0 saturated carbocycles. The average Bonchev–Trinajstić information content (AvgIpc) is 2.64. The molecule has 0 unspecified atom stereocenters. The summed E-state index contributed by atoms with van der Waals surface area (Å²) in [5.74, 6) is 0.804. The highest BCUT2D eigenvalue weighted by Crippen LogP contribution is 2.24. The first kappa shape index (κ1) is 22.8. The van der Waals surface area contributed by atoms with Crippen LogP contribution < -0.4 is 10.6 Å². The Morgan fingerprint density at radius 1 is 1.04 bits per heavy atom. The van der Waals surface area contributed by atoms with Crippen LogP contribution in [0, 0.1) is 0 Å². The Morgan fingerprint density at radius 2 is 1.73 bits per heavy atom. The van der Waals surface area contributed by atoms with Gasteiger partial charge in [0, 0.05) is 48.0 Å². The van der Waals surface area contributed by atoms with E-state index in [-0.39, 0.29) is 18.3 Å². The fraction of sp³-hybridized carbons (Fsp3) is 0.316. The van der Waals surface area contributed by atoms with E-state index in [0.717, 1.165) is 23.9 Å². The highest BCUT2D eigenvalue weighted by Gasteiger charge is 2.05. The first-order valence-electron chi connectivity index (χ1n) is 8.14. The molecule has 2 rings (SSSR count). The lowest BCUT2D eigenvalue weighted by Gasteiger charge is -2.07. The molecule has 0 aliphatic rings. The molecule has 0 heterocycles. The second kappa shape index (κ2) is 13.0. The second-order valence-corrected chi connectivity index (χ2v) is 6.92. The highest BCUT2D eigenvalue weighted by molar-refractivity contribution is 7.98. The molecule has 2 aromatic carbocycles. The topological polar surface area (TPSA) is 50.4 Å². The minimum Gasteiger partial charge on any atom is -0.383 e. The van der Waals surface area contributed by atoms with E-state index >= 15 is 0 Å². The fourth-order valence-corrected chi connectivity index (χ4v) is 3.10. The Kier molecular flexibility index (Phi) is 11.4. The Bertz CT molecular complexity index is 652. The first-order chi connectivity index (χ1) is 12.2. The lowest BCUT2D eigenvalue weighted by molar-refractivity contribution is 0.0953. The predicted octanol–water partition coefficient (Wildman–Crippen LogP) is 4.02. The van der Waals surface area contributed by atoms with E-state index in [1.54, 1.807) is 18.9 Å². The number of amides is 1. The normalized spacial score (nSPS) is 10.2. The molecule has 0 aliphatic heterocycles. The monoisotopic (exact) mass is 414 g/mol. The van der Waals surface area contributed by atoms with Gasteiger partial charge in [-0.25, -0.2) is 0 Å². The zero-order chi connectivity index (χ0) is 17.9. The van der Waals surface area contributed by atoms with Crippen LogP contribution in [-0.4, -0.2) is 39.3 Å². The van der Waals surface area contributed by atoms with E-state index in [4.69, 9.17) is 16.3 Å². The Hall–Kier alpha value is -1.24. The maximum Gasteiger partial charge on any atom is 0.251 e. The van der Waals surface area contributed by atoms with Gasteiger partial charge in [0.05, 0.1) is 6.61 Å². The average molecular weight is 415 g/mol. The Labute approximate surface area is 170 Å². The van der Waals surface area contributed by atoms with E-state index in [9.17, 15) is 4.79 Å². The van der Waals surface area contributed by atoms with E-state index in [1.165, 1.54) is 10.5 Å². The van der Waals surface area contributed by atoms with E-state index in [0.29, 0.717) is 18.7 Å². The van der Waals surface area contributed by atoms with Crippen molar-refractivity contribution in [1.29, 1.82) is 0 Å². The van der Waals surface area contributed by atoms with Crippen molar-refractivity contribution < 1.29 is 9.53 Å². The highest BCUT2D eigenvalue weighted by atomic mass is 35.5. The number of carbonyl (C=O) groups is 1. The third-order valence-electron chi connectivity index (χ3n) is 3.51. The van der Waals surface area contributed by atoms with Gasteiger partial charge in [-0.05, 0) is 42.0 Å². The van der Waals surface area contributed by atoms with E-state index in [1.807, 2.05) is 48.5 Å². The molecule has 0 radical (unpaired) electrons. The quantitative estimate of drug-likeness (QED) is 0.455. The molecule has 0 atom stereocenters. The van der Waals surface area contributed by atoms with Crippen LogP contribution in [-0.2, 0) is 10.5 Å². The zero-order valence-electron chi connectivity index (χ0n) is 14.7. The van der Waals surface area contributed by atoms with Crippen molar-refractivity contribution in [3.05, 3.63) is 64.7 Å². The van der Waals surface area contributed by atoms with Crippen molar-refractivity contribution in [3.8, 4) is 0 Å². The van der Waals surface area contributed by atoms with Crippen LogP contribution in [0.5, 0.6) is 0 Å². The van der Waals surface area contributed by atoms with Crippen LogP contribution in [0.15, 0.2) is 53.4 Å². The molecule has 0 aliphatic carbocycles. The first-order valence-corrected chi connectivity index (χ1v) is 9.50. The molecular formula is C19H24Cl2N2O2S. The molecular weight excluding hydrogens is 391 g/mol. The van der Waals surface area contributed by atoms with Gasteiger partial charge in [-0.15, -0.1) is 24.2 Å². The maximum atomic E-state index is 12.1. The van der Waals surface area contributed by atoms with Crippen molar-refractivity contribution in [2.45, 2.75) is 10.6 Å². The minimum atomic E-state index is -0.0505. The van der Waals surface area contributed by atoms with Gasteiger partial charge in [0.25, 0.3) is 5.91 Å². The summed E-state index contributed by atoms with van der Waals surface area (Å²) in [6.07, 6.45) is 0. The number of halogens is 2. The molecule has 142 valence electrons. The molecule has 0 spiro atoms. The van der Waals surface area contributed by atoms with Crippen molar-refractivity contribution in [1.82, 2.24) is 10.6 Å². The predicted molar refractivity (Wildman–Crippen MR) is 112 cm³/mol. The summed E-state index contributed by atoms with van der Waals surface area (Å²) in [4.78, 5) is 13.2. The maximum absolute atomic E-state index is 12.1. The lowest BCUT2D eigenvalue weighted by Crippen LogP contribution is -2.33. The number of thioether (sulfide) groups is 1. The van der Waals surface area contributed by atoms with Gasteiger partial charge in [-0.1, -0.05) is 23.7 Å². The standard InChI is InChI=1S/C19H23ClN2O2S.ClH/c1-24-13-12-21-10-11-22-19(23)16-4-2-15(3-5-16)14-25-18-8-6-17(20)7-9-18;/h2-9,21H,10-14H2,1H3,(H,22,23);1H. The molecule has 0 aromatic heterocycles. The molecule has 0 saturated heterocycles. The minimum absolute atomic E-state index is 0. The number of rotatable bonds is 10. The SMILES string of the molecule is COCCNCCNC(=O)c1ccc(CSc2ccc(Cl)cc2)cc1.Cl. The number of ether oxygens (including phenoxy) is 1. The van der Waals surface area contributed by atoms with Crippen LogP contribution >= 0.6 is 35.8 Å². The number of nitrogens with one attached hydrogen (secondary N) is 2. The molecule has 4 nitrogen and oxygen atoms in total. The van der Waals surface area contributed by atoms with Crippen molar-refractivity contribution in [2.24, 2.45) is 0 Å². The fourth-order valence-electron chi connectivity index (χ4n) is 2.12. The molecule has 1 amide bonds. The summed E-state index contributed by atoms with van der Waals surface area (Å²) in [7, 11) is 1.67. The van der Waals surface area contributed by atoms with E-state index in [2.05, 4.69) is 10.6 Å². The van der Waals surface area contributed by atoms with Crippen LogP contribution in [0.4, 0.5) is 0 Å². The largest absolute Gasteiger partial charge is 0.383 e. The van der Waals surface area contributed by atoms with Gasteiger partial charge in [-0.3, -0.25) is 4.79 Å². The molecule has 2 N–H and O–H groups in total. The second-order valence-electron chi connectivity index (χ2n) is 5.44. The van der Waals surface area contributed by atoms with Crippen molar-refractivity contribution in [3.63, 3.8) is 0 Å². The van der Waals surface area contributed by atoms with Crippen LogP contribution in [0.3, 0.4) is 0 Å². The van der Waals surface area contributed by atoms with Gasteiger partial charge in [0.15, 0.2) is 0 Å². The summed E-state index contributed by atoms with van der Waals surface area (Å²) in [5.41, 5.74) is 1.86. The smallest absolute Gasteiger partial charge is 0.251 e. The third-order valence-corrected chi connectivity index (χ3v) is 4.84. The summed E-state index contributed by atoms with van der Waals surface area (Å²) in [6.45, 7) is 2.78. The number of hydrogen-bond acceptors (Lipinski definition) is 4. The number of carbonyl (C=O) groups excluding carboxylic acids is 1. The summed E-state index contributed by atoms with van der Waals surface area (Å²) in [6, 6.07) is 15.5. The number of hydrogen-bond donors (Lipinski definition) is 2. The molecule has 26 heavy (non-hydrogen) atoms. The molecule has 2 aromatic rings. The van der Waals surface area contributed by atoms with E-state index < -0.39 is 0 Å². The molecule has 7 heteroatoms. The summed E-state index contributed by atoms with van der Waals surface area (Å²) in [5, 5.41) is 6.83.